The number of hydrogen-bond donors (Lipinski definition) is 2. The molecule has 2 rings (SSSR count). The highest BCUT2D eigenvalue weighted by molar-refractivity contribution is 5.29. The third-order valence-corrected chi connectivity index (χ3v) is 2.67. The lowest BCUT2D eigenvalue weighted by Gasteiger charge is -2.08. The molecule has 0 unspecified atom stereocenters. The number of aliphatic hydroxyl groups is 1. The fraction of sp³-hybridized carbons (Fsp3) is 0.538. The molecule has 3 nitrogen and oxygen atoms in total. The first-order chi connectivity index (χ1) is 8.28. The Labute approximate surface area is 101 Å². The fourth-order valence-corrected chi connectivity index (χ4v) is 1.61. The summed E-state index contributed by atoms with van der Waals surface area (Å²) in [7, 11) is 0. The summed E-state index contributed by atoms with van der Waals surface area (Å²) < 4.78 is 18.7. The molecule has 17 heavy (non-hydrogen) atoms. The summed E-state index contributed by atoms with van der Waals surface area (Å²) >= 11 is 0. The second kappa shape index (κ2) is 5.98. The van der Waals surface area contributed by atoms with E-state index in [9.17, 15) is 4.39 Å². The van der Waals surface area contributed by atoms with Gasteiger partial charge in [-0.2, -0.15) is 0 Å². The molecule has 0 amide bonds. The molecular formula is C13H18FNO2. The van der Waals surface area contributed by atoms with Gasteiger partial charge in [0.05, 0.1) is 6.61 Å². The van der Waals surface area contributed by atoms with E-state index in [4.69, 9.17) is 9.84 Å². The third-order valence-electron chi connectivity index (χ3n) is 2.67. The third kappa shape index (κ3) is 4.32. The van der Waals surface area contributed by atoms with Crippen molar-refractivity contribution in [3.05, 3.63) is 29.6 Å². The number of hydrogen-bond acceptors (Lipinski definition) is 3. The van der Waals surface area contributed by atoms with Gasteiger partial charge < -0.3 is 15.2 Å². The summed E-state index contributed by atoms with van der Waals surface area (Å²) in [5, 5.41) is 12.0. The fourth-order valence-electron chi connectivity index (χ4n) is 1.61. The van der Waals surface area contributed by atoms with Crippen molar-refractivity contribution >= 4 is 0 Å². The molecule has 1 aliphatic carbocycles. The Morgan fingerprint density at radius 3 is 2.88 bits per heavy atom. The van der Waals surface area contributed by atoms with Crippen molar-refractivity contribution in [2.45, 2.75) is 31.8 Å². The number of ether oxygens (including phenoxy) is 1. The second-order valence-corrected chi connectivity index (χ2v) is 4.38. The van der Waals surface area contributed by atoms with Crippen LogP contribution in [0.25, 0.3) is 0 Å². The molecule has 2 N–H and O–H groups in total. The van der Waals surface area contributed by atoms with E-state index in [-0.39, 0.29) is 12.4 Å². The molecule has 0 radical (unpaired) electrons. The Balaban J connectivity index is 1.90. The van der Waals surface area contributed by atoms with Crippen molar-refractivity contribution < 1.29 is 14.2 Å². The zero-order chi connectivity index (χ0) is 12.1. The van der Waals surface area contributed by atoms with Crippen molar-refractivity contribution in [3.63, 3.8) is 0 Å². The minimum Gasteiger partial charge on any atom is -0.493 e. The Morgan fingerprint density at radius 2 is 2.18 bits per heavy atom. The van der Waals surface area contributed by atoms with E-state index in [0.717, 1.165) is 5.56 Å². The van der Waals surface area contributed by atoms with Gasteiger partial charge in [-0.05, 0) is 30.5 Å². The van der Waals surface area contributed by atoms with E-state index >= 15 is 0 Å². The first kappa shape index (κ1) is 12.3. The van der Waals surface area contributed by atoms with Crippen LogP contribution < -0.4 is 10.1 Å². The quantitative estimate of drug-likeness (QED) is 0.713. The Bertz CT molecular complexity index is 366. The highest BCUT2D eigenvalue weighted by Gasteiger charge is 2.20. The molecule has 0 atom stereocenters. The maximum atomic E-state index is 13.3. The van der Waals surface area contributed by atoms with Crippen molar-refractivity contribution in [1.29, 1.82) is 0 Å². The SMILES string of the molecule is OCCCOc1cc(F)cc(CNC2CC2)c1. The molecule has 0 heterocycles. The van der Waals surface area contributed by atoms with E-state index in [1.165, 1.54) is 25.0 Å². The van der Waals surface area contributed by atoms with Gasteiger partial charge in [-0.15, -0.1) is 0 Å². The number of nitrogens with one attached hydrogen (secondary N) is 1. The van der Waals surface area contributed by atoms with Crippen LogP contribution in [0, 0.1) is 5.82 Å². The predicted molar refractivity (Wildman–Crippen MR) is 63.5 cm³/mol. The molecule has 1 saturated carbocycles. The van der Waals surface area contributed by atoms with Gasteiger partial charge >= 0.3 is 0 Å². The molecule has 94 valence electrons. The zero-order valence-electron chi connectivity index (χ0n) is 9.79. The van der Waals surface area contributed by atoms with E-state index < -0.39 is 0 Å². The zero-order valence-corrected chi connectivity index (χ0v) is 9.79. The standard InChI is InChI=1S/C13H18FNO2/c14-11-6-10(9-15-12-2-3-12)7-13(8-11)17-5-1-4-16/h6-8,12,15-16H,1-5,9H2. The predicted octanol–water partition coefficient (Wildman–Crippen LogP) is 1.84. The van der Waals surface area contributed by atoms with E-state index in [2.05, 4.69) is 5.32 Å². The smallest absolute Gasteiger partial charge is 0.127 e. The minimum absolute atomic E-state index is 0.0887. The molecule has 0 spiro atoms. The minimum atomic E-state index is -0.279. The van der Waals surface area contributed by atoms with Gasteiger partial charge in [0.1, 0.15) is 11.6 Å². The van der Waals surface area contributed by atoms with Crippen LogP contribution in [0.2, 0.25) is 0 Å². The van der Waals surface area contributed by atoms with Crippen molar-refractivity contribution in [2.24, 2.45) is 0 Å². The molecule has 1 aromatic carbocycles. The number of rotatable bonds is 7. The van der Waals surface area contributed by atoms with Crippen LogP contribution >= 0.6 is 0 Å². The van der Waals surface area contributed by atoms with Crippen LogP contribution in [0.1, 0.15) is 24.8 Å². The van der Waals surface area contributed by atoms with Crippen LogP contribution in [-0.2, 0) is 6.54 Å². The highest BCUT2D eigenvalue weighted by atomic mass is 19.1. The van der Waals surface area contributed by atoms with Crippen LogP contribution in [-0.4, -0.2) is 24.4 Å². The summed E-state index contributed by atoms with van der Waals surface area (Å²) in [4.78, 5) is 0. The lowest BCUT2D eigenvalue weighted by molar-refractivity contribution is 0.233. The molecular weight excluding hydrogens is 221 g/mol. The first-order valence-corrected chi connectivity index (χ1v) is 6.04. The number of halogens is 1. The number of aliphatic hydroxyl groups excluding tert-OH is 1. The lowest BCUT2D eigenvalue weighted by Crippen LogP contribution is -2.15. The highest BCUT2D eigenvalue weighted by Crippen LogP contribution is 2.21. The molecule has 1 fully saturated rings. The molecule has 0 aromatic heterocycles. The van der Waals surface area contributed by atoms with Gasteiger partial charge in [0.15, 0.2) is 0 Å². The topological polar surface area (TPSA) is 41.5 Å². The van der Waals surface area contributed by atoms with Crippen molar-refractivity contribution in [3.8, 4) is 5.75 Å². The van der Waals surface area contributed by atoms with Crippen LogP contribution in [0.3, 0.4) is 0 Å². The van der Waals surface area contributed by atoms with Gasteiger partial charge in [0.25, 0.3) is 0 Å². The summed E-state index contributed by atoms with van der Waals surface area (Å²) in [5.74, 6) is 0.255. The average molecular weight is 239 g/mol. The van der Waals surface area contributed by atoms with Gasteiger partial charge in [0, 0.05) is 31.7 Å². The molecule has 1 aromatic rings. The maximum Gasteiger partial charge on any atom is 0.127 e. The Kier molecular flexibility index (Phi) is 4.34. The largest absolute Gasteiger partial charge is 0.493 e. The molecule has 1 aliphatic rings. The molecule has 4 heteroatoms. The molecule has 0 aliphatic heterocycles. The lowest BCUT2D eigenvalue weighted by atomic mass is 10.2. The molecule has 0 bridgehead atoms. The van der Waals surface area contributed by atoms with Gasteiger partial charge in [-0.3, -0.25) is 0 Å². The number of benzene rings is 1. The second-order valence-electron chi connectivity index (χ2n) is 4.38. The Morgan fingerprint density at radius 1 is 1.35 bits per heavy atom. The Hall–Kier alpha value is -1.13. The van der Waals surface area contributed by atoms with E-state index in [1.807, 2.05) is 6.07 Å². The van der Waals surface area contributed by atoms with Gasteiger partial charge in [0.2, 0.25) is 0 Å². The normalized spacial score (nSPS) is 14.9. The average Bonchev–Trinajstić information content (AvgIpc) is 3.10. The first-order valence-electron chi connectivity index (χ1n) is 6.04. The summed E-state index contributed by atoms with van der Waals surface area (Å²) in [5.41, 5.74) is 0.899. The van der Waals surface area contributed by atoms with E-state index in [1.54, 1.807) is 0 Å². The van der Waals surface area contributed by atoms with Crippen LogP contribution in [0.5, 0.6) is 5.75 Å². The van der Waals surface area contributed by atoms with E-state index in [0.29, 0.717) is 31.4 Å². The summed E-state index contributed by atoms with van der Waals surface area (Å²) in [6.07, 6.45) is 3.00. The van der Waals surface area contributed by atoms with Crippen molar-refractivity contribution in [2.75, 3.05) is 13.2 Å². The van der Waals surface area contributed by atoms with Gasteiger partial charge in [-0.25, -0.2) is 4.39 Å². The van der Waals surface area contributed by atoms with Crippen LogP contribution in [0.15, 0.2) is 18.2 Å². The van der Waals surface area contributed by atoms with Gasteiger partial charge in [-0.1, -0.05) is 0 Å². The summed E-state index contributed by atoms with van der Waals surface area (Å²) in [6, 6.07) is 5.35. The maximum absolute atomic E-state index is 13.3. The monoisotopic (exact) mass is 239 g/mol. The van der Waals surface area contributed by atoms with Crippen LogP contribution in [0.4, 0.5) is 4.39 Å². The van der Waals surface area contributed by atoms with Crippen molar-refractivity contribution in [1.82, 2.24) is 5.32 Å². The molecule has 0 saturated heterocycles. The summed E-state index contributed by atoms with van der Waals surface area (Å²) in [6.45, 7) is 1.18.